The molecule has 1 aliphatic rings. The van der Waals surface area contributed by atoms with Crippen molar-refractivity contribution < 1.29 is 8.42 Å². The lowest BCUT2D eigenvalue weighted by Crippen LogP contribution is -2.32. The highest BCUT2D eigenvalue weighted by atomic mass is 35.5. The summed E-state index contributed by atoms with van der Waals surface area (Å²) in [6.45, 7) is 6.00. The quantitative estimate of drug-likeness (QED) is 0.576. The molecule has 4 rings (SSSR count). The first kappa shape index (κ1) is 20.8. The molecule has 3 aromatic rings. The van der Waals surface area contributed by atoms with Gasteiger partial charge in [0, 0.05) is 28.2 Å². The summed E-state index contributed by atoms with van der Waals surface area (Å²) in [5.41, 5.74) is 5.04. The summed E-state index contributed by atoms with van der Waals surface area (Å²) in [6, 6.07) is 14.1. The van der Waals surface area contributed by atoms with Crippen molar-refractivity contribution in [3.05, 3.63) is 88.2 Å². The highest BCUT2D eigenvalue weighted by Gasteiger charge is 2.29. The van der Waals surface area contributed by atoms with E-state index in [2.05, 4.69) is 10.8 Å². The second-order valence-corrected chi connectivity index (χ2v) is 9.82. The van der Waals surface area contributed by atoms with Crippen LogP contribution in [0, 0.1) is 20.8 Å². The molecule has 0 bridgehead atoms. The van der Waals surface area contributed by atoms with Crippen LogP contribution in [-0.4, -0.2) is 24.2 Å². The van der Waals surface area contributed by atoms with Gasteiger partial charge in [-0.3, -0.25) is 0 Å². The zero-order chi connectivity index (χ0) is 21.5. The van der Waals surface area contributed by atoms with Crippen molar-refractivity contribution in [3.63, 3.8) is 0 Å². The van der Waals surface area contributed by atoms with Crippen molar-refractivity contribution in [2.45, 2.75) is 44.0 Å². The summed E-state index contributed by atoms with van der Waals surface area (Å²) in [6.07, 6.45) is 4.67. The maximum Gasteiger partial charge on any atom is 0.241 e. The number of sulfonamides is 1. The van der Waals surface area contributed by atoms with Crippen LogP contribution in [0.5, 0.6) is 0 Å². The van der Waals surface area contributed by atoms with Crippen molar-refractivity contribution in [1.29, 1.82) is 0 Å². The second kappa shape index (κ2) is 8.02. The number of allylic oxidation sites excluding steroid dienone is 1. The fourth-order valence-electron chi connectivity index (χ4n) is 4.02. The van der Waals surface area contributed by atoms with Gasteiger partial charge in [-0.05, 0) is 57.0 Å². The highest BCUT2D eigenvalue weighted by Crippen LogP contribution is 2.34. The number of benzene rings is 2. The van der Waals surface area contributed by atoms with Crippen LogP contribution in [0.25, 0.3) is 5.69 Å². The Kier molecular flexibility index (Phi) is 5.57. The molecule has 156 valence electrons. The Morgan fingerprint density at radius 2 is 1.80 bits per heavy atom. The summed E-state index contributed by atoms with van der Waals surface area (Å²) in [7, 11) is -3.55. The Bertz CT molecular complexity index is 1220. The molecule has 0 saturated carbocycles. The van der Waals surface area contributed by atoms with E-state index in [1.54, 1.807) is 30.3 Å². The topological polar surface area (TPSA) is 64.0 Å². The van der Waals surface area contributed by atoms with E-state index in [1.807, 2.05) is 49.7 Å². The summed E-state index contributed by atoms with van der Waals surface area (Å²) in [5.74, 6) is 0.100. The van der Waals surface area contributed by atoms with Gasteiger partial charge in [0.2, 0.25) is 10.0 Å². The van der Waals surface area contributed by atoms with Crippen molar-refractivity contribution in [1.82, 2.24) is 14.5 Å². The molecule has 7 heteroatoms. The summed E-state index contributed by atoms with van der Waals surface area (Å²) < 4.78 is 30.0. The second-order valence-electron chi connectivity index (χ2n) is 7.70. The normalized spacial score (nSPS) is 18.8. The third-order valence-corrected chi connectivity index (χ3v) is 7.47. The van der Waals surface area contributed by atoms with Crippen LogP contribution in [-0.2, 0) is 10.0 Å². The predicted octanol–water partition coefficient (Wildman–Crippen LogP) is 4.84. The van der Waals surface area contributed by atoms with E-state index in [0.29, 0.717) is 11.4 Å². The van der Waals surface area contributed by atoms with Crippen LogP contribution in [0.1, 0.15) is 34.9 Å². The fraction of sp³-hybridized carbons (Fsp3) is 0.261. The lowest BCUT2D eigenvalue weighted by Gasteiger charge is -2.15. The Hall–Kier alpha value is -2.41. The molecule has 1 heterocycles. The first-order valence-corrected chi connectivity index (χ1v) is 11.7. The molecular weight excluding hydrogens is 418 g/mol. The molecule has 0 amide bonds. The Morgan fingerprint density at radius 1 is 1.07 bits per heavy atom. The standard InChI is InChI=1S/C23H24ClN3O2S/c1-15-9-12-20(14-22(15)24)27-17(3)23(16(2)25-27)18-10-11-19(13-18)26-30(28,29)21-7-5-4-6-8-21/h4-12,14,18-19,26H,13H2,1-3H3/t18-,19-/m1/s1. The van der Waals surface area contributed by atoms with Gasteiger partial charge in [-0.1, -0.05) is 48.0 Å². The minimum Gasteiger partial charge on any atom is -0.237 e. The van der Waals surface area contributed by atoms with Gasteiger partial charge in [-0.2, -0.15) is 5.10 Å². The summed E-state index contributed by atoms with van der Waals surface area (Å²) >= 11 is 6.30. The van der Waals surface area contributed by atoms with E-state index in [9.17, 15) is 8.42 Å². The largest absolute Gasteiger partial charge is 0.241 e. The maximum absolute atomic E-state index is 12.6. The third-order valence-electron chi connectivity index (χ3n) is 5.56. The monoisotopic (exact) mass is 441 g/mol. The van der Waals surface area contributed by atoms with E-state index in [4.69, 9.17) is 16.7 Å². The molecule has 1 N–H and O–H groups in total. The zero-order valence-corrected chi connectivity index (χ0v) is 18.7. The average molecular weight is 442 g/mol. The average Bonchev–Trinajstić information content (AvgIpc) is 3.27. The van der Waals surface area contributed by atoms with E-state index in [1.165, 1.54) is 0 Å². The molecule has 1 aromatic heterocycles. The number of halogens is 1. The minimum absolute atomic E-state index is 0.100. The van der Waals surface area contributed by atoms with Gasteiger partial charge in [0.1, 0.15) is 0 Å². The third kappa shape index (κ3) is 3.95. The number of nitrogens with zero attached hydrogens (tertiary/aromatic N) is 2. The van der Waals surface area contributed by atoms with Crippen molar-refractivity contribution in [3.8, 4) is 5.69 Å². The van der Waals surface area contributed by atoms with E-state index < -0.39 is 10.0 Å². The van der Waals surface area contributed by atoms with E-state index in [-0.39, 0.29) is 16.9 Å². The number of hydrogen-bond acceptors (Lipinski definition) is 3. The Morgan fingerprint density at radius 3 is 2.50 bits per heavy atom. The number of nitrogens with one attached hydrogen (secondary N) is 1. The number of aryl methyl sites for hydroxylation is 2. The van der Waals surface area contributed by atoms with Crippen LogP contribution in [0.3, 0.4) is 0 Å². The van der Waals surface area contributed by atoms with E-state index in [0.717, 1.165) is 28.2 Å². The molecular formula is C23H24ClN3O2S. The van der Waals surface area contributed by atoms with Gasteiger partial charge in [-0.25, -0.2) is 17.8 Å². The van der Waals surface area contributed by atoms with Gasteiger partial charge < -0.3 is 0 Å². The molecule has 5 nitrogen and oxygen atoms in total. The van der Waals surface area contributed by atoms with Crippen molar-refractivity contribution in [2.75, 3.05) is 0 Å². The molecule has 0 radical (unpaired) electrons. The van der Waals surface area contributed by atoms with Crippen molar-refractivity contribution >= 4 is 21.6 Å². The smallest absolute Gasteiger partial charge is 0.237 e. The summed E-state index contributed by atoms with van der Waals surface area (Å²) in [4.78, 5) is 0.276. The maximum atomic E-state index is 12.6. The van der Waals surface area contributed by atoms with Gasteiger partial charge in [0.05, 0.1) is 16.3 Å². The Balaban J connectivity index is 1.56. The highest BCUT2D eigenvalue weighted by molar-refractivity contribution is 7.89. The first-order valence-electron chi connectivity index (χ1n) is 9.84. The minimum atomic E-state index is -3.55. The summed E-state index contributed by atoms with van der Waals surface area (Å²) in [5, 5.41) is 5.43. The molecule has 0 saturated heterocycles. The lowest BCUT2D eigenvalue weighted by molar-refractivity contribution is 0.563. The van der Waals surface area contributed by atoms with Crippen LogP contribution in [0.4, 0.5) is 0 Å². The molecule has 2 atom stereocenters. The van der Waals surface area contributed by atoms with E-state index >= 15 is 0 Å². The number of aromatic nitrogens is 2. The fourth-order valence-corrected chi connectivity index (χ4v) is 5.42. The van der Waals surface area contributed by atoms with Gasteiger partial charge in [-0.15, -0.1) is 0 Å². The predicted molar refractivity (Wildman–Crippen MR) is 120 cm³/mol. The van der Waals surface area contributed by atoms with Gasteiger partial charge >= 0.3 is 0 Å². The number of rotatable bonds is 5. The molecule has 0 spiro atoms. The van der Waals surface area contributed by atoms with Crippen LogP contribution in [0.2, 0.25) is 5.02 Å². The SMILES string of the molecule is Cc1ccc(-n2nc(C)c([C@@H]3C=C[C@@H](NS(=O)(=O)c4ccccc4)C3)c2C)cc1Cl. The molecule has 2 aromatic carbocycles. The molecule has 1 aliphatic carbocycles. The molecule has 0 unspecified atom stereocenters. The van der Waals surface area contributed by atoms with Crippen LogP contribution < -0.4 is 4.72 Å². The van der Waals surface area contributed by atoms with Gasteiger partial charge in [0.25, 0.3) is 0 Å². The van der Waals surface area contributed by atoms with Gasteiger partial charge in [0.15, 0.2) is 0 Å². The molecule has 0 aliphatic heterocycles. The lowest BCUT2D eigenvalue weighted by atomic mass is 9.96. The van der Waals surface area contributed by atoms with Crippen LogP contribution in [0.15, 0.2) is 65.6 Å². The first-order chi connectivity index (χ1) is 14.3. The molecule has 0 fully saturated rings. The van der Waals surface area contributed by atoms with Crippen LogP contribution >= 0.6 is 11.6 Å². The number of hydrogen-bond donors (Lipinski definition) is 1. The Labute approximate surface area is 182 Å². The molecule has 30 heavy (non-hydrogen) atoms. The zero-order valence-electron chi connectivity index (χ0n) is 17.1. The van der Waals surface area contributed by atoms with Crippen molar-refractivity contribution in [2.24, 2.45) is 0 Å².